The Morgan fingerprint density at radius 1 is 1.12 bits per heavy atom. The molecule has 0 radical (unpaired) electrons. The number of nitrogens with two attached hydrogens (primary N) is 1. The van der Waals surface area contributed by atoms with Crippen LogP contribution in [-0.4, -0.2) is 31.5 Å². The number of ether oxygens (including phenoxy) is 2. The number of nitrogen functional groups attached to an aromatic ring is 1. The summed E-state index contributed by atoms with van der Waals surface area (Å²) in [7, 11) is 0. The fourth-order valence-electron chi connectivity index (χ4n) is 2.35. The van der Waals surface area contributed by atoms with E-state index in [1.807, 2.05) is 30.3 Å². The van der Waals surface area contributed by atoms with Gasteiger partial charge in [0, 0.05) is 35.1 Å². The largest absolute Gasteiger partial charge is 0.398 e. The highest BCUT2D eigenvalue weighted by Crippen LogP contribution is 2.23. The molecule has 0 saturated carbocycles. The second-order valence-corrected chi connectivity index (χ2v) is 5.66. The first-order valence-electron chi connectivity index (χ1n) is 8.12. The number of nitrogens with zero attached hydrogens (tertiary/aromatic N) is 1. The second-order valence-electron chi connectivity index (χ2n) is 5.23. The molecule has 0 amide bonds. The van der Waals surface area contributed by atoms with E-state index in [1.54, 1.807) is 32.0 Å². The maximum absolute atomic E-state index is 14.8. The molecule has 2 rings (SSSR count). The van der Waals surface area contributed by atoms with Crippen LogP contribution >= 0.6 is 11.6 Å². The van der Waals surface area contributed by atoms with E-state index in [0.717, 1.165) is 5.56 Å². The molecule has 134 valence electrons. The standard InChI is InChI=1S/C19H22ClFN2O2/c1-3-24-19(25-4-2)18(21)23-17(13-8-6-5-7-9-13)15-12-14(20)10-11-16(15)22/h5-12,18-19H,3-4,22H2,1-2H3. The number of hydrogen-bond donors (Lipinski definition) is 1. The van der Waals surface area contributed by atoms with Crippen LogP contribution in [0.15, 0.2) is 53.5 Å². The molecule has 2 aromatic rings. The third kappa shape index (κ3) is 5.26. The van der Waals surface area contributed by atoms with Crippen molar-refractivity contribution in [2.75, 3.05) is 18.9 Å². The Hall–Kier alpha value is -1.95. The van der Waals surface area contributed by atoms with Gasteiger partial charge in [0.1, 0.15) is 0 Å². The van der Waals surface area contributed by atoms with E-state index in [9.17, 15) is 4.39 Å². The van der Waals surface area contributed by atoms with Crippen LogP contribution in [0.2, 0.25) is 5.02 Å². The summed E-state index contributed by atoms with van der Waals surface area (Å²) >= 11 is 6.09. The van der Waals surface area contributed by atoms with Crippen molar-refractivity contribution in [1.82, 2.24) is 0 Å². The van der Waals surface area contributed by atoms with E-state index in [2.05, 4.69) is 4.99 Å². The zero-order valence-corrected chi connectivity index (χ0v) is 15.0. The van der Waals surface area contributed by atoms with Gasteiger partial charge in [-0.15, -0.1) is 0 Å². The van der Waals surface area contributed by atoms with Crippen LogP contribution in [0, 0.1) is 0 Å². The number of rotatable bonds is 8. The molecular weight excluding hydrogens is 343 g/mol. The molecule has 0 aliphatic heterocycles. The van der Waals surface area contributed by atoms with Crippen LogP contribution in [0.5, 0.6) is 0 Å². The van der Waals surface area contributed by atoms with Crippen LogP contribution in [-0.2, 0) is 9.47 Å². The minimum atomic E-state index is -1.70. The molecule has 6 heteroatoms. The van der Waals surface area contributed by atoms with E-state index in [4.69, 9.17) is 26.8 Å². The molecule has 0 fully saturated rings. The number of alkyl halides is 1. The van der Waals surface area contributed by atoms with Gasteiger partial charge < -0.3 is 15.2 Å². The van der Waals surface area contributed by atoms with E-state index in [1.165, 1.54) is 0 Å². The number of hydrogen-bond acceptors (Lipinski definition) is 4. The van der Waals surface area contributed by atoms with Gasteiger partial charge in [-0.1, -0.05) is 41.9 Å². The van der Waals surface area contributed by atoms with Gasteiger partial charge in [0.2, 0.25) is 12.6 Å². The Balaban J connectivity index is 2.49. The van der Waals surface area contributed by atoms with Gasteiger partial charge in [-0.3, -0.25) is 0 Å². The molecule has 2 N–H and O–H groups in total. The summed E-state index contributed by atoms with van der Waals surface area (Å²) in [6, 6.07) is 14.3. The lowest BCUT2D eigenvalue weighted by Crippen LogP contribution is -2.29. The smallest absolute Gasteiger partial charge is 0.241 e. The van der Waals surface area contributed by atoms with Gasteiger partial charge in [0.25, 0.3) is 0 Å². The topological polar surface area (TPSA) is 56.8 Å². The molecule has 25 heavy (non-hydrogen) atoms. The van der Waals surface area contributed by atoms with E-state index >= 15 is 0 Å². The Morgan fingerprint density at radius 3 is 2.36 bits per heavy atom. The summed E-state index contributed by atoms with van der Waals surface area (Å²) in [6.45, 7) is 4.19. The molecule has 0 spiro atoms. The van der Waals surface area contributed by atoms with Crippen molar-refractivity contribution >= 4 is 23.0 Å². The van der Waals surface area contributed by atoms with Crippen LogP contribution in [0.25, 0.3) is 0 Å². The first kappa shape index (κ1) is 19.4. The zero-order chi connectivity index (χ0) is 18.2. The third-order valence-corrected chi connectivity index (χ3v) is 3.69. The number of benzene rings is 2. The molecule has 0 aliphatic rings. The molecule has 4 nitrogen and oxygen atoms in total. The summed E-state index contributed by atoms with van der Waals surface area (Å²) in [4.78, 5) is 4.22. The Labute approximate surface area is 152 Å². The minimum absolute atomic E-state index is 0.320. The molecule has 0 aliphatic carbocycles. The average Bonchev–Trinajstić information content (AvgIpc) is 2.62. The molecule has 0 saturated heterocycles. The van der Waals surface area contributed by atoms with Gasteiger partial charge in [-0.25, -0.2) is 9.38 Å². The quantitative estimate of drug-likeness (QED) is 0.326. The van der Waals surface area contributed by atoms with Crippen molar-refractivity contribution < 1.29 is 13.9 Å². The highest BCUT2D eigenvalue weighted by atomic mass is 35.5. The zero-order valence-electron chi connectivity index (χ0n) is 14.3. The second kappa shape index (κ2) is 9.51. The van der Waals surface area contributed by atoms with Crippen molar-refractivity contribution in [3.05, 3.63) is 64.7 Å². The van der Waals surface area contributed by atoms with Crippen LogP contribution in [0.4, 0.5) is 10.1 Å². The van der Waals surface area contributed by atoms with Crippen molar-refractivity contribution in [3.8, 4) is 0 Å². The van der Waals surface area contributed by atoms with Gasteiger partial charge in [0.05, 0.1) is 5.71 Å². The summed E-state index contributed by atoms with van der Waals surface area (Å²) in [5.74, 6) is 0. The number of halogens is 2. The fraction of sp³-hybridized carbons (Fsp3) is 0.316. The van der Waals surface area contributed by atoms with E-state index in [-0.39, 0.29) is 0 Å². The van der Waals surface area contributed by atoms with Crippen LogP contribution < -0.4 is 5.73 Å². The number of aliphatic imine (C=N–C) groups is 1. The number of anilines is 1. The maximum atomic E-state index is 14.8. The SMILES string of the molecule is CCOC(OCC)C(F)N=C(c1ccccc1)c1cc(Cl)ccc1N. The molecule has 2 aromatic carbocycles. The highest BCUT2D eigenvalue weighted by molar-refractivity contribution is 6.31. The minimum Gasteiger partial charge on any atom is -0.398 e. The average molecular weight is 365 g/mol. The third-order valence-electron chi connectivity index (χ3n) is 3.46. The first-order chi connectivity index (χ1) is 12.1. The maximum Gasteiger partial charge on any atom is 0.241 e. The Bertz CT molecular complexity index is 704. The van der Waals surface area contributed by atoms with Gasteiger partial charge >= 0.3 is 0 Å². The van der Waals surface area contributed by atoms with E-state index in [0.29, 0.717) is 35.2 Å². The summed E-state index contributed by atoms with van der Waals surface area (Å²) in [5, 5.41) is 0.495. The normalized spacial score (nSPS) is 13.2. The molecule has 0 heterocycles. The van der Waals surface area contributed by atoms with Crippen LogP contribution in [0.1, 0.15) is 25.0 Å². The van der Waals surface area contributed by atoms with Gasteiger partial charge in [-0.05, 0) is 32.0 Å². The van der Waals surface area contributed by atoms with Crippen molar-refractivity contribution in [3.63, 3.8) is 0 Å². The molecule has 0 aromatic heterocycles. The molecule has 1 unspecified atom stereocenters. The highest BCUT2D eigenvalue weighted by Gasteiger charge is 2.23. The monoisotopic (exact) mass is 364 g/mol. The molecular formula is C19H22ClFN2O2. The lowest BCUT2D eigenvalue weighted by Gasteiger charge is -2.20. The lowest BCUT2D eigenvalue weighted by molar-refractivity contribution is -0.169. The molecule has 0 bridgehead atoms. The molecule has 1 atom stereocenters. The van der Waals surface area contributed by atoms with Crippen molar-refractivity contribution in [1.29, 1.82) is 0 Å². The Kier molecular flexibility index (Phi) is 7.37. The van der Waals surface area contributed by atoms with Crippen molar-refractivity contribution in [2.24, 2.45) is 4.99 Å². The van der Waals surface area contributed by atoms with Gasteiger partial charge in [-0.2, -0.15) is 0 Å². The summed E-state index contributed by atoms with van der Waals surface area (Å²) in [5.41, 5.74) is 8.23. The predicted molar refractivity (Wildman–Crippen MR) is 99.9 cm³/mol. The Morgan fingerprint density at radius 2 is 1.76 bits per heavy atom. The lowest BCUT2D eigenvalue weighted by atomic mass is 10.0. The predicted octanol–water partition coefficient (Wildman–Crippen LogP) is 4.45. The summed E-state index contributed by atoms with van der Waals surface area (Å²) in [6.07, 6.45) is -2.78. The fourth-order valence-corrected chi connectivity index (χ4v) is 2.52. The van der Waals surface area contributed by atoms with Gasteiger partial charge in [0.15, 0.2) is 0 Å². The van der Waals surface area contributed by atoms with E-state index < -0.39 is 12.6 Å². The summed E-state index contributed by atoms with van der Waals surface area (Å²) < 4.78 is 25.4. The first-order valence-corrected chi connectivity index (χ1v) is 8.50. The van der Waals surface area contributed by atoms with Crippen molar-refractivity contribution in [2.45, 2.75) is 26.4 Å². The van der Waals surface area contributed by atoms with Crippen LogP contribution in [0.3, 0.4) is 0 Å².